The van der Waals surface area contributed by atoms with E-state index >= 15 is 0 Å². The number of quaternary nitrogens is 2. The van der Waals surface area contributed by atoms with Crippen molar-refractivity contribution in [2.75, 3.05) is 51.6 Å². The molecule has 0 amide bonds. The second-order valence-corrected chi connectivity index (χ2v) is 8.00. The van der Waals surface area contributed by atoms with Crippen LogP contribution in [0.2, 0.25) is 0 Å². The number of piperazine rings is 1. The monoisotopic (exact) mass is 388 g/mol. The summed E-state index contributed by atoms with van der Waals surface area (Å²) in [6, 6.07) is 12.3. The lowest BCUT2D eigenvalue weighted by atomic mass is 10.2. The minimum atomic E-state index is 0.701. The fraction of sp³-hybridized carbons (Fsp3) is 0.476. The van der Waals surface area contributed by atoms with E-state index in [1.54, 1.807) is 16.1 Å². The zero-order valence-corrected chi connectivity index (χ0v) is 17.3. The molecule has 0 atom stereocenters. The van der Waals surface area contributed by atoms with Gasteiger partial charge in [0.25, 0.3) is 0 Å². The highest BCUT2D eigenvalue weighted by Crippen LogP contribution is 2.13. The third-order valence-electron chi connectivity index (χ3n) is 5.25. The van der Waals surface area contributed by atoms with Gasteiger partial charge in [-0.25, -0.2) is 0 Å². The van der Waals surface area contributed by atoms with Gasteiger partial charge in [0.05, 0.1) is 26.4 Å². The molecule has 6 heteroatoms. The SMILES string of the molecule is Cc1cccc(NC(=S)N(CCC[NH+]2CC[NH+](C)CC2)Cc2ccco2)c1. The summed E-state index contributed by atoms with van der Waals surface area (Å²) in [4.78, 5) is 5.59. The number of likely N-dealkylation sites (N-methyl/N-ethyl adjacent to an activating group) is 1. The maximum Gasteiger partial charge on any atom is 0.173 e. The molecule has 1 aromatic heterocycles. The predicted molar refractivity (Wildman–Crippen MR) is 113 cm³/mol. The molecule has 1 fully saturated rings. The molecular formula is C21H32N4OS+2. The van der Waals surface area contributed by atoms with Gasteiger partial charge in [-0.1, -0.05) is 12.1 Å². The number of hydrogen-bond acceptors (Lipinski definition) is 2. The molecule has 3 N–H and O–H groups in total. The molecule has 1 saturated heterocycles. The average Bonchev–Trinajstić information content (AvgIpc) is 3.15. The summed E-state index contributed by atoms with van der Waals surface area (Å²) in [6.07, 6.45) is 2.85. The van der Waals surface area contributed by atoms with Gasteiger partial charge in [-0.05, 0) is 49.0 Å². The number of nitrogens with zero attached hydrogens (tertiary/aromatic N) is 1. The van der Waals surface area contributed by atoms with Gasteiger partial charge in [-0.2, -0.15) is 0 Å². The van der Waals surface area contributed by atoms with Gasteiger partial charge in [0, 0.05) is 18.7 Å². The lowest BCUT2D eigenvalue weighted by Crippen LogP contribution is -3.27. The van der Waals surface area contributed by atoms with Crippen molar-refractivity contribution in [2.45, 2.75) is 19.9 Å². The van der Waals surface area contributed by atoms with Crippen LogP contribution in [0.5, 0.6) is 0 Å². The van der Waals surface area contributed by atoms with Crippen LogP contribution >= 0.6 is 12.2 Å². The Morgan fingerprint density at radius 1 is 1.19 bits per heavy atom. The quantitative estimate of drug-likeness (QED) is 0.607. The molecule has 0 spiro atoms. The molecule has 0 bridgehead atoms. The zero-order chi connectivity index (χ0) is 19.1. The van der Waals surface area contributed by atoms with Crippen LogP contribution < -0.4 is 15.1 Å². The van der Waals surface area contributed by atoms with Crippen LogP contribution in [0.25, 0.3) is 0 Å². The maximum atomic E-state index is 5.72. The molecule has 1 aliphatic heterocycles. The van der Waals surface area contributed by atoms with Crippen LogP contribution in [-0.4, -0.2) is 56.3 Å². The molecular weight excluding hydrogens is 356 g/mol. The smallest absolute Gasteiger partial charge is 0.173 e. The number of anilines is 1. The fourth-order valence-electron chi connectivity index (χ4n) is 3.57. The lowest BCUT2D eigenvalue weighted by molar-refractivity contribution is -1.00. The van der Waals surface area contributed by atoms with Crippen LogP contribution in [0, 0.1) is 6.92 Å². The van der Waals surface area contributed by atoms with Gasteiger partial charge in [-0.15, -0.1) is 0 Å². The fourth-order valence-corrected chi connectivity index (χ4v) is 3.84. The highest BCUT2D eigenvalue weighted by Gasteiger charge is 2.20. The van der Waals surface area contributed by atoms with E-state index in [1.807, 2.05) is 12.1 Å². The number of thiocarbonyl (C=S) groups is 1. The van der Waals surface area contributed by atoms with E-state index in [4.69, 9.17) is 16.6 Å². The van der Waals surface area contributed by atoms with Gasteiger partial charge in [-0.3, -0.25) is 0 Å². The van der Waals surface area contributed by atoms with E-state index in [1.165, 1.54) is 38.3 Å². The van der Waals surface area contributed by atoms with Crippen LogP contribution in [0.1, 0.15) is 17.7 Å². The molecule has 1 aromatic carbocycles. The number of benzene rings is 1. The molecule has 2 heterocycles. The molecule has 0 unspecified atom stereocenters. The predicted octanol–water partition coefficient (Wildman–Crippen LogP) is 0.590. The summed E-state index contributed by atoms with van der Waals surface area (Å²) in [5, 5.41) is 4.15. The van der Waals surface area contributed by atoms with E-state index in [2.05, 4.69) is 48.5 Å². The third-order valence-corrected chi connectivity index (χ3v) is 5.61. The summed E-state index contributed by atoms with van der Waals surface area (Å²) in [5.41, 5.74) is 2.26. The summed E-state index contributed by atoms with van der Waals surface area (Å²) in [5.74, 6) is 0.943. The molecule has 1 aliphatic rings. The summed E-state index contributed by atoms with van der Waals surface area (Å²) in [7, 11) is 2.29. The van der Waals surface area contributed by atoms with Crippen LogP contribution in [0.15, 0.2) is 47.1 Å². The Labute approximate surface area is 167 Å². The van der Waals surface area contributed by atoms with Crippen LogP contribution in [-0.2, 0) is 6.54 Å². The van der Waals surface area contributed by atoms with E-state index < -0.39 is 0 Å². The summed E-state index contributed by atoms with van der Waals surface area (Å²) < 4.78 is 5.55. The Hall–Kier alpha value is -1.89. The second-order valence-electron chi connectivity index (χ2n) is 7.61. The molecule has 27 heavy (non-hydrogen) atoms. The Morgan fingerprint density at radius 3 is 2.70 bits per heavy atom. The first-order valence-electron chi connectivity index (χ1n) is 9.90. The van der Waals surface area contributed by atoms with Crippen molar-refractivity contribution in [3.05, 3.63) is 54.0 Å². The van der Waals surface area contributed by atoms with Gasteiger partial charge < -0.3 is 24.4 Å². The van der Waals surface area contributed by atoms with Gasteiger partial charge in [0.1, 0.15) is 31.9 Å². The van der Waals surface area contributed by atoms with Crippen molar-refractivity contribution in [1.29, 1.82) is 0 Å². The number of rotatable bonds is 7. The first kappa shape index (κ1) is 19.9. The van der Waals surface area contributed by atoms with Crippen molar-refractivity contribution >= 4 is 23.0 Å². The zero-order valence-electron chi connectivity index (χ0n) is 16.5. The van der Waals surface area contributed by atoms with Crippen molar-refractivity contribution < 1.29 is 14.2 Å². The molecule has 2 aromatic rings. The Kier molecular flexibility index (Phi) is 7.26. The Balaban J connectivity index is 1.55. The number of nitrogens with one attached hydrogen (secondary N) is 3. The molecule has 5 nitrogen and oxygen atoms in total. The summed E-state index contributed by atoms with van der Waals surface area (Å²) in [6.45, 7) is 10.0. The first-order valence-corrected chi connectivity index (χ1v) is 10.3. The lowest BCUT2D eigenvalue weighted by Gasteiger charge is -2.29. The van der Waals surface area contributed by atoms with Crippen molar-refractivity contribution in [1.82, 2.24) is 4.90 Å². The van der Waals surface area contributed by atoms with Gasteiger partial charge in [0.2, 0.25) is 0 Å². The van der Waals surface area contributed by atoms with E-state index in [9.17, 15) is 0 Å². The maximum absolute atomic E-state index is 5.72. The Bertz CT molecular complexity index is 711. The minimum Gasteiger partial charge on any atom is -0.467 e. The number of hydrogen-bond donors (Lipinski definition) is 3. The first-order chi connectivity index (χ1) is 13.1. The largest absolute Gasteiger partial charge is 0.467 e. The van der Waals surface area contributed by atoms with Crippen molar-refractivity contribution in [3.63, 3.8) is 0 Å². The topological polar surface area (TPSA) is 37.3 Å². The average molecular weight is 389 g/mol. The van der Waals surface area contributed by atoms with Gasteiger partial charge >= 0.3 is 0 Å². The molecule has 0 aliphatic carbocycles. The highest BCUT2D eigenvalue weighted by atomic mass is 32.1. The molecule has 0 radical (unpaired) electrons. The number of aryl methyl sites for hydroxylation is 1. The summed E-state index contributed by atoms with van der Waals surface area (Å²) >= 11 is 5.72. The van der Waals surface area contributed by atoms with Crippen LogP contribution in [0.3, 0.4) is 0 Å². The van der Waals surface area contributed by atoms with Crippen LogP contribution in [0.4, 0.5) is 5.69 Å². The normalized spacial score (nSPS) is 19.6. The standard InChI is InChI=1S/C21H30N4OS/c1-18-6-3-7-19(16-18)22-21(27)25(17-20-8-4-15-26-20)10-5-9-24-13-11-23(2)12-14-24/h3-4,6-8,15-16H,5,9-14,17H2,1-2H3,(H,22,27)/p+2. The number of furan rings is 1. The van der Waals surface area contributed by atoms with Crippen molar-refractivity contribution in [3.8, 4) is 0 Å². The molecule has 146 valence electrons. The second kappa shape index (κ2) is 9.88. The third kappa shape index (κ3) is 6.34. The van der Waals surface area contributed by atoms with Crippen molar-refractivity contribution in [2.24, 2.45) is 0 Å². The van der Waals surface area contributed by atoms with E-state index in [-0.39, 0.29) is 0 Å². The molecule has 3 rings (SSSR count). The minimum absolute atomic E-state index is 0.701. The van der Waals surface area contributed by atoms with E-state index in [0.717, 1.165) is 29.5 Å². The van der Waals surface area contributed by atoms with E-state index in [0.29, 0.717) is 6.54 Å². The Morgan fingerprint density at radius 2 is 2.00 bits per heavy atom. The molecule has 0 saturated carbocycles. The van der Waals surface area contributed by atoms with Gasteiger partial charge in [0.15, 0.2) is 5.11 Å². The highest BCUT2D eigenvalue weighted by molar-refractivity contribution is 7.80.